The number of rotatable bonds is 7. The molecular weight excluding hydrogens is 248 g/mol. The lowest BCUT2D eigenvalue weighted by Gasteiger charge is -2.22. The summed E-state index contributed by atoms with van der Waals surface area (Å²) in [5.41, 5.74) is 6.88. The van der Waals surface area contributed by atoms with Gasteiger partial charge in [0.05, 0.1) is 11.7 Å². The van der Waals surface area contributed by atoms with Crippen molar-refractivity contribution < 1.29 is 0 Å². The molecule has 1 heterocycles. The van der Waals surface area contributed by atoms with Crippen LogP contribution in [-0.4, -0.2) is 33.8 Å². The van der Waals surface area contributed by atoms with Crippen molar-refractivity contribution in [2.45, 2.75) is 70.0 Å². The third kappa shape index (κ3) is 3.61. The zero-order chi connectivity index (χ0) is 13.8. The van der Waals surface area contributed by atoms with Crippen molar-refractivity contribution in [3.05, 3.63) is 18.0 Å². The maximum absolute atomic E-state index is 5.65. The molecule has 1 aromatic heterocycles. The normalized spacial score (nSPS) is 20.7. The van der Waals surface area contributed by atoms with Gasteiger partial charge < -0.3 is 5.73 Å². The van der Waals surface area contributed by atoms with Gasteiger partial charge in [-0.25, -0.2) is 0 Å². The molecule has 0 atom stereocenters. The van der Waals surface area contributed by atoms with E-state index in [0.717, 1.165) is 32.1 Å². The Morgan fingerprint density at radius 2 is 2.00 bits per heavy atom. The largest absolute Gasteiger partial charge is 0.330 e. The van der Waals surface area contributed by atoms with E-state index in [9.17, 15) is 0 Å². The average Bonchev–Trinajstić information content (AvgIpc) is 3.23. The molecule has 0 aliphatic heterocycles. The Bertz CT molecular complexity index is 404. The van der Waals surface area contributed by atoms with E-state index in [1.54, 1.807) is 0 Å². The minimum absolute atomic E-state index is 0.649. The third-order valence-electron chi connectivity index (χ3n) is 4.69. The van der Waals surface area contributed by atoms with Crippen molar-refractivity contribution in [3.8, 4) is 0 Å². The fourth-order valence-electron chi connectivity index (χ4n) is 3.34. The van der Waals surface area contributed by atoms with Crippen molar-refractivity contribution in [1.82, 2.24) is 14.7 Å². The van der Waals surface area contributed by atoms with Gasteiger partial charge in [0.2, 0.25) is 0 Å². The summed E-state index contributed by atoms with van der Waals surface area (Å²) < 4.78 is 2.22. The van der Waals surface area contributed by atoms with Crippen LogP contribution in [-0.2, 0) is 6.54 Å². The molecule has 2 saturated carbocycles. The summed E-state index contributed by atoms with van der Waals surface area (Å²) in [5, 5.41) is 4.84. The molecule has 0 radical (unpaired) electrons. The molecule has 3 rings (SSSR count). The maximum Gasteiger partial charge on any atom is 0.0765 e. The van der Waals surface area contributed by atoms with Crippen LogP contribution in [0, 0.1) is 0 Å². The second-order valence-electron chi connectivity index (χ2n) is 6.42. The lowest BCUT2D eigenvalue weighted by atomic mass is 9.96. The molecule has 4 heteroatoms. The van der Waals surface area contributed by atoms with Gasteiger partial charge in [-0.2, -0.15) is 5.10 Å². The maximum atomic E-state index is 5.65. The molecule has 2 N–H and O–H groups in total. The monoisotopic (exact) mass is 276 g/mol. The van der Waals surface area contributed by atoms with Crippen LogP contribution in [0.4, 0.5) is 0 Å². The van der Waals surface area contributed by atoms with Crippen LogP contribution >= 0.6 is 0 Å². The second-order valence-corrected chi connectivity index (χ2v) is 6.42. The molecule has 0 amide bonds. The standard InChI is InChI=1S/C16H28N4/c17-10-4-11-19(15-7-8-15)13-14-9-12-20(18-14)16-5-2-1-3-6-16/h9,12,15-16H,1-8,10-11,13,17H2. The summed E-state index contributed by atoms with van der Waals surface area (Å²) in [6.07, 6.45) is 12.7. The van der Waals surface area contributed by atoms with Crippen molar-refractivity contribution in [3.63, 3.8) is 0 Å². The first-order valence-electron chi connectivity index (χ1n) is 8.35. The zero-order valence-corrected chi connectivity index (χ0v) is 12.5. The molecule has 112 valence electrons. The van der Waals surface area contributed by atoms with Gasteiger partial charge in [-0.15, -0.1) is 0 Å². The van der Waals surface area contributed by atoms with Crippen molar-refractivity contribution >= 4 is 0 Å². The lowest BCUT2D eigenvalue weighted by Crippen LogP contribution is -2.28. The van der Waals surface area contributed by atoms with E-state index in [0.29, 0.717) is 6.04 Å². The van der Waals surface area contributed by atoms with Gasteiger partial charge >= 0.3 is 0 Å². The topological polar surface area (TPSA) is 47.1 Å². The molecule has 1 aromatic rings. The average molecular weight is 276 g/mol. The molecular formula is C16H28N4. The Balaban J connectivity index is 1.57. The van der Waals surface area contributed by atoms with Crippen molar-refractivity contribution in [2.75, 3.05) is 13.1 Å². The van der Waals surface area contributed by atoms with E-state index in [1.807, 2.05) is 0 Å². The number of hydrogen-bond donors (Lipinski definition) is 1. The van der Waals surface area contributed by atoms with Crippen LogP contribution in [0.15, 0.2) is 12.3 Å². The molecule has 4 nitrogen and oxygen atoms in total. The van der Waals surface area contributed by atoms with Crippen LogP contribution in [0.2, 0.25) is 0 Å². The molecule has 0 unspecified atom stereocenters. The molecule has 0 spiro atoms. The first-order valence-corrected chi connectivity index (χ1v) is 8.35. The summed E-state index contributed by atoms with van der Waals surface area (Å²) in [6.45, 7) is 2.92. The first-order chi connectivity index (χ1) is 9.86. The van der Waals surface area contributed by atoms with Crippen LogP contribution in [0.1, 0.15) is 63.1 Å². The highest BCUT2D eigenvalue weighted by molar-refractivity contribution is 5.01. The van der Waals surface area contributed by atoms with E-state index in [4.69, 9.17) is 10.8 Å². The summed E-state index contributed by atoms with van der Waals surface area (Å²) in [4.78, 5) is 2.57. The summed E-state index contributed by atoms with van der Waals surface area (Å²) >= 11 is 0. The highest BCUT2D eigenvalue weighted by Gasteiger charge is 2.29. The molecule has 2 aliphatic rings. The number of hydrogen-bond acceptors (Lipinski definition) is 3. The fraction of sp³-hybridized carbons (Fsp3) is 0.812. The van der Waals surface area contributed by atoms with Crippen LogP contribution in [0.25, 0.3) is 0 Å². The van der Waals surface area contributed by atoms with Gasteiger partial charge in [-0.3, -0.25) is 9.58 Å². The van der Waals surface area contributed by atoms with E-state index in [2.05, 4.69) is 21.8 Å². The molecule has 0 saturated heterocycles. The third-order valence-corrected chi connectivity index (χ3v) is 4.69. The van der Waals surface area contributed by atoms with Crippen LogP contribution in [0.3, 0.4) is 0 Å². The minimum atomic E-state index is 0.649. The SMILES string of the molecule is NCCCN(Cc1ccn(C2CCCCC2)n1)C1CC1. The molecule has 2 fully saturated rings. The van der Waals surface area contributed by atoms with E-state index < -0.39 is 0 Å². The minimum Gasteiger partial charge on any atom is -0.330 e. The molecule has 2 aliphatic carbocycles. The predicted octanol–water partition coefficient (Wildman–Crippen LogP) is 2.70. The summed E-state index contributed by atoms with van der Waals surface area (Å²) in [6, 6.07) is 3.66. The van der Waals surface area contributed by atoms with Gasteiger partial charge in [0.25, 0.3) is 0 Å². The number of nitrogens with zero attached hydrogens (tertiary/aromatic N) is 3. The number of nitrogens with two attached hydrogens (primary N) is 1. The zero-order valence-electron chi connectivity index (χ0n) is 12.5. The Morgan fingerprint density at radius 1 is 1.20 bits per heavy atom. The smallest absolute Gasteiger partial charge is 0.0765 e. The Kier molecular flexibility index (Phi) is 4.73. The number of aromatic nitrogens is 2. The van der Waals surface area contributed by atoms with E-state index >= 15 is 0 Å². The quantitative estimate of drug-likeness (QED) is 0.833. The Labute approximate surface area is 122 Å². The molecule has 0 aromatic carbocycles. The Hall–Kier alpha value is -0.870. The van der Waals surface area contributed by atoms with E-state index in [-0.39, 0.29) is 0 Å². The highest BCUT2D eigenvalue weighted by Crippen LogP contribution is 2.29. The fourth-order valence-corrected chi connectivity index (χ4v) is 3.34. The summed E-state index contributed by atoms with van der Waals surface area (Å²) in [7, 11) is 0. The molecule has 20 heavy (non-hydrogen) atoms. The summed E-state index contributed by atoms with van der Waals surface area (Å²) in [5.74, 6) is 0. The van der Waals surface area contributed by atoms with Gasteiger partial charge in [-0.1, -0.05) is 19.3 Å². The molecule has 0 bridgehead atoms. The van der Waals surface area contributed by atoms with Gasteiger partial charge in [-0.05, 0) is 44.7 Å². The van der Waals surface area contributed by atoms with Crippen molar-refractivity contribution in [2.24, 2.45) is 5.73 Å². The van der Waals surface area contributed by atoms with Crippen LogP contribution < -0.4 is 5.73 Å². The van der Waals surface area contributed by atoms with Gasteiger partial charge in [0, 0.05) is 25.3 Å². The highest BCUT2D eigenvalue weighted by atomic mass is 15.3. The second kappa shape index (κ2) is 6.72. The lowest BCUT2D eigenvalue weighted by molar-refractivity contribution is 0.247. The first kappa shape index (κ1) is 14.1. The van der Waals surface area contributed by atoms with Gasteiger partial charge in [0.15, 0.2) is 0 Å². The van der Waals surface area contributed by atoms with Crippen molar-refractivity contribution in [1.29, 1.82) is 0 Å². The Morgan fingerprint density at radius 3 is 2.70 bits per heavy atom. The van der Waals surface area contributed by atoms with E-state index in [1.165, 1.54) is 50.6 Å². The van der Waals surface area contributed by atoms with Crippen LogP contribution in [0.5, 0.6) is 0 Å². The van der Waals surface area contributed by atoms with Gasteiger partial charge in [0.1, 0.15) is 0 Å². The predicted molar refractivity (Wildman–Crippen MR) is 81.5 cm³/mol.